The van der Waals surface area contributed by atoms with Crippen molar-refractivity contribution < 1.29 is 13.2 Å². The fourth-order valence-corrected chi connectivity index (χ4v) is 1.96. The highest BCUT2D eigenvalue weighted by molar-refractivity contribution is 5.37. The van der Waals surface area contributed by atoms with E-state index in [9.17, 15) is 22.8 Å². The van der Waals surface area contributed by atoms with Crippen molar-refractivity contribution >= 4 is 0 Å². The predicted octanol–water partition coefficient (Wildman–Crippen LogP) is 2.59. The van der Waals surface area contributed by atoms with Crippen molar-refractivity contribution in [3.8, 4) is 5.69 Å². The molecule has 1 aromatic carbocycles. The summed E-state index contributed by atoms with van der Waals surface area (Å²) >= 11 is 0. The molecule has 2 rings (SSSR count). The fraction of sp³-hybridized carbons (Fsp3) is 0.200. The van der Waals surface area contributed by atoms with Gasteiger partial charge in [0.05, 0.1) is 5.56 Å². The van der Waals surface area contributed by atoms with E-state index in [0.717, 1.165) is 21.3 Å². The number of hydrogen-bond donors (Lipinski definition) is 0. The molecule has 0 N–H and O–H groups in total. The lowest BCUT2D eigenvalue weighted by Crippen LogP contribution is -2.40. The van der Waals surface area contributed by atoms with E-state index in [-0.39, 0.29) is 12.2 Å². The molecule has 1 aromatic heterocycles. The second kappa shape index (κ2) is 5.67. The maximum atomic E-state index is 12.7. The van der Waals surface area contributed by atoms with Crippen LogP contribution >= 0.6 is 0 Å². The van der Waals surface area contributed by atoms with Crippen molar-refractivity contribution in [2.45, 2.75) is 19.6 Å². The first-order valence-electron chi connectivity index (χ1n) is 6.34. The highest BCUT2D eigenvalue weighted by Gasteiger charge is 2.30. The van der Waals surface area contributed by atoms with Crippen LogP contribution in [0.5, 0.6) is 0 Å². The van der Waals surface area contributed by atoms with E-state index >= 15 is 0 Å². The molecule has 4 nitrogen and oxygen atoms in total. The van der Waals surface area contributed by atoms with Gasteiger partial charge >= 0.3 is 17.3 Å². The van der Waals surface area contributed by atoms with Crippen molar-refractivity contribution in [2.75, 3.05) is 0 Å². The highest BCUT2D eigenvalue weighted by Crippen LogP contribution is 2.29. The summed E-state index contributed by atoms with van der Waals surface area (Å²) < 4.78 is 40.2. The summed E-state index contributed by atoms with van der Waals surface area (Å²) in [7, 11) is 0. The van der Waals surface area contributed by atoms with Gasteiger partial charge in [-0.15, -0.1) is 0 Å². The van der Waals surface area contributed by atoms with E-state index in [4.69, 9.17) is 0 Å². The van der Waals surface area contributed by atoms with Gasteiger partial charge in [0.2, 0.25) is 0 Å². The summed E-state index contributed by atoms with van der Waals surface area (Å²) in [6.07, 6.45) is -1.91. The largest absolute Gasteiger partial charge is 0.416 e. The Balaban J connectivity index is 2.56. The van der Waals surface area contributed by atoms with E-state index < -0.39 is 22.9 Å². The lowest BCUT2D eigenvalue weighted by Gasteiger charge is -2.11. The van der Waals surface area contributed by atoms with Crippen LogP contribution in [0.3, 0.4) is 0 Å². The predicted molar refractivity (Wildman–Crippen MR) is 76.1 cm³/mol. The van der Waals surface area contributed by atoms with E-state index in [1.165, 1.54) is 24.5 Å². The Morgan fingerprint density at radius 2 is 1.86 bits per heavy atom. The van der Waals surface area contributed by atoms with Gasteiger partial charge < -0.3 is 4.57 Å². The maximum absolute atomic E-state index is 12.7. The number of alkyl halides is 3. The van der Waals surface area contributed by atoms with E-state index in [1.54, 1.807) is 6.92 Å². The fourth-order valence-electron chi connectivity index (χ4n) is 1.96. The zero-order valence-corrected chi connectivity index (χ0v) is 11.7. The third kappa shape index (κ3) is 3.19. The summed E-state index contributed by atoms with van der Waals surface area (Å²) in [6.45, 7) is 5.52. The number of nitrogens with zero attached hydrogens (tertiary/aromatic N) is 2. The molecule has 0 aliphatic rings. The monoisotopic (exact) mass is 310 g/mol. The molecule has 0 aliphatic carbocycles. The van der Waals surface area contributed by atoms with Crippen LogP contribution < -0.4 is 11.1 Å². The van der Waals surface area contributed by atoms with E-state index in [0.29, 0.717) is 5.57 Å². The van der Waals surface area contributed by atoms with Crippen molar-refractivity contribution in [2.24, 2.45) is 0 Å². The summed E-state index contributed by atoms with van der Waals surface area (Å²) in [5.74, 6) is 0. The molecular formula is C15H13F3N2O2. The Bertz CT molecular complexity index is 832. The zero-order chi connectivity index (χ0) is 16.5. The van der Waals surface area contributed by atoms with Gasteiger partial charge in [-0.3, -0.25) is 14.2 Å². The van der Waals surface area contributed by atoms with E-state index in [1.807, 2.05) is 0 Å². The van der Waals surface area contributed by atoms with Crippen LogP contribution in [0.2, 0.25) is 0 Å². The van der Waals surface area contributed by atoms with Gasteiger partial charge in [-0.05, 0) is 25.1 Å². The molecule has 7 heteroatoms. The maximum Gasteiger partial charge on any atom is 0.416 e. The lowest BCUT2D eigenvalue weighted by atomic mass is 10.2. The second-order valence-electron chi connectivity index (χ2n) is 4.91. The Kier molecular flexibility index (Phi) is 4.07. The second-order valence-corrected chi connectivity index (χ2v) is 4.91. The van der Waals surface area contributed by atoms with Crippen molar-refractivity contribution in [3.05, 3.63) is 75.1 Å². The molecule has 0 fully saturated rings. The van der Waals surface area contributed by atoms with Gasteiger partial charge in [-0.25, -0.2) is 0 Å². The first kappa shape index (κ1) is 15.8. The molecule has 2 aromatic rings. The zero-order valence-electron chi connectivity index (χ0n) is 11.7. The van der Waals surface area contributed by atoms with Crippen molar-refractivity contribution in [1.29, 1.82) is 0 Å². The van der Waals surface area contributed by atoms with Crippen LogP contribution in [0.15, 0.2) is 58.4 Å². The third-order valence-corrected chi connectivity index (χ3v) is 2.95. The highest BCUT2D eigenvalue weighted by atomic mass is 19.4. The van der Waals surface area contributed by atoms with Crippen LogP contribution in [0.4, 0.5) is 13.2 Å². The Morgan fingerprint density at radius 3 is 2.45 bits per heavy atom. The Morgan fingerprint density at radius 1 is 1.18 bits per heavy atom. The lowest BCUT2D eigenvalue weighted by molar-refractivity contribution is -0.137. The number of aromatic nitrogens is 2. The Hall–Kier alpha value is -2.57. The molecule has 116 valence electrons. The summed E-state index contributed by atoms with van der Waals surface area (Å²) in [5, 5.41) is 0. The molecule has 0 bridgehead atoms. The number of rotatable bonds is 3. The minimum Gasteiger partial charge on any atom is -0.305 e. The van der Waals surface area contributed by atoms with Crippen molar-refractivity contribution in [3.63, 3.8) is 0 Å². The Labute approximate surface area is 123 Å². The topological polar surface area (TPSA) is 44.0 Å². The summed E-state index contributed by atoms with van der Waals surface area (Å²) in [5.41, 5.74) is -1.95. The third-order valence-electron chi connectivity index (χ3n) is 2.95. The van der Waals surface area contributed by atoms with Crippen LogP contribution in [0.1, 0.15) is 12.5 Å². The quantitative estimate of drug-likeness (QED) is 0.646. The molecule has 1 heterocycles. The summed E-state index contributed by atoms with van der Waals surface area (Å²) in [4.78, 5) is 24.0. The first-order valence-corrected chi connectivity index (χ1v) is 6.34. The standard InChI is InChI=1S/C15H13F3N2O2/c1-10(2)9-19-6-7-20(14(22)13(19)21)12-5-3-4-11(8-12)15(16,17)18/h3-8H,1,9H2,2H3. The van der Waals surface area contributed by atoms with Crippen LogP contribution in [0, 0.1) is 0 Å². The van der Waals surface area contributed by atoms with Gasteiger partial charge in [0.1, 0.15) is 0 Å². The molecule has 0 saturated carbocycles. The molecule has 0 unspecified atom stereocenters. The number of allylic oxidation sites excluding steroid dienone is 1. The normalized spacial score (nSPS) is 11.5. The smallest absolute Gasteiger partial charge is 0.305 e. The van der Waals surface area contributed by atoms with Gasteiger partial charge in [-0.1, -0.05) is 18.2 Å². The average Bonchev–Trinajstić information content (AvgIpc) is 2.43. The molecule has 0 spiro atoms. The average molecular weight is 310 g/mol. The molecule has 0 radical (unpaired) electrons. The molecule has 0 amide bonds. The van der Waals surface area contributed by atoms with Gasteiger partial charge in [0, 0.05) is 24.6 Å². The summed E-state index contributed by atoms with van der Waals surface area (Å²) in [6, 6.07) is 4.24. The minimum atomic E-state index is -4.52. The van der Waals surface area contributed by atoms with Gasteiger partial charge in [0.25, 0.3) is 0 Å². The van der Waals surface area contributed by atoms with Crippen LogP contribution in [-0.4, -0.2) is 9.13 Å². The molecular weight excluding hydrogens is 297 g/mol. The van der Waals surface area contributed by atoms with E-state index in [2.05, 4.69) is 6.58 Å². The molecule has 0 saturated heterocycles. The van der Waals surface area contributed by atoms with Gasteiger partial charge in [-0.2, -0.15) is 13.2 Å². The SMILES string of the molecule is C=C(C)Cn1ccn(-c2cccc(C(F)(F)F)c2)c(=O)c1=O. The number of benzene rings is 1. The van der Waals surface area contributed by atoms with Gasteiger partial charge in [0.15, 0.2) is 0 Å². The molecule has 0 aliphatic heterocycles. The molecule has 22 heavy (non-hydrogen) atoms. The van der Waals surface area contributed by atoms with Crippen molar-refractivity contribution in [1.82, 2.24) is 9.13 Å². The number of hydrogen-bond acceptors (Lipinski definition) is 2. The minimum absolute atomic E-state index is 0.0144. The van der Waals surface area contributed by atoms with Crippen LogP contribution in [-0.2, 0) is 12.7 Å². The number of halogens is 3. The first-order chi connectivity index (χ1) is 10.2. The molecule has 0 atom stereocenters. The van der Waals surface area contributed by atoms with Crippen LogP contribution in [0.25, 0.3) is 5.69 Å².